The monoisotopic (exact) mass is 322 g/mol. The summed E-state index contributed by atoms with van der Waals surface area (Å²) >= 11 is 1.54. The van der Waals surface area contributed by atoms with Gasteiger partial charge in [0.2, 0.25) is 11.7 Å². The summed E-state index contributed by atoms with van der Waals surface area (Å²) in [7, 11) is -1.30. The maximum atomic E-state index is 13.5. The van der Waals surface area contributed by atoms with Crippen molar-refractivity contribution in [2.24, 2.45) is 0 Å². The van der Waals surface area contributed by atoms with Crippen LogP contribution in [0.25, 0.3) is 11.4 Å². The predicted molar refractivity (Wildman–Crippen MR) is 79.6 cm³/mol. The molecule has 21 heavy (non-hydrogen) atoms. The molecule has 0 saturated heterocycles. The minimum atomic E-state index is -1.30. The van der Waals surface area contributed by atoms with Gasteiger partial charge in [-0.15, -0.1) is 0 Å². The molecule has 1 aromatic carbocycles. The molecule has 0 fully saturated rings. The first kappa shape index (κ1) is 14.1. The van der Waals surface area contributed by atoms with Crippen molar-refractivity contribution >= 4 is 22.1 Å². The van der Waals surface area contributed by atoms with Crippen LogP contribution < -0.4 is 0 Å². The van der Waals surface area contributed by atoms with E-state index < -0.39 is 10.8 Å². The molecule has 0 bridgehead atoms. The van der Waals surface area contributed by atoms with Crippen molar-refractivity contribution in [3.8, 4) is 11.4 Å². The molecule has 0 aliphatic rings. The fourth-order valence-electron chi connectivity index (χ4n) is 1.80. The Bertz CT molecular complexity index is 756. The molecule has 0 radical (unpaired) electrons. The van der Waals surface area contributed by atoms with Gasteiger partial charge in [0.05, 0.1) is 5.75 Å². The molecule has 0 aliphatic heterocycles. The lowest BCUT2D eigenvalue weighted by Crippen LogP contribution is -2.01. The van der Waals surface area contributed by atoms with E-state index in [1.807, 2.05) is 16.8 Å². The lowest BCUT2D eigenvalue weighted by molar-refractivity contribution is 0.390. The maximum absolute atomic E-state index is 13.5. The predicted octanol–water partition coefficient (Wildman–Crippen LogP) is 3.39. The highest BCUT2D eigenvalue weighted by molar-refractivity contribution is 7.83. The number of aromatic nitrogens is 2. The van der Waals surface area contributed by atoms with E-state index >= 15 is 0 Å². The summed E-state index contributed by atoms with van der Waals surface area (Å²) in [6.45, 7) is 0. The molecule has 0 spiro atoms. The van der Waals surface area contributed by atoms with Crippen LogP contribution >= 0.6 is 11.3 Å². The Morgan fingerprint density at radius 3 is 2.86 bits per heavy atom. The second-order valence-electron chi connectivity index (χ2n) is 4.34. The van der Waals surface area contributed by atoms with Crippen molar-refractivity contribution in [2.75, 3.05) is 0 Å². The van der Waals surface area contributed by atoms with E-state index in [1.54, 1.807) is 18.2 Å². The number of halogens is 1. The molecule has 3 aromatic rings. The van der Waals surface area contributed by atoms with Gasteiger partial charge in [0, 0.05) is 27.3 Å². The lowest BCUT2D eigenvalue weighted by Gasteiger charge is -2.01. The zero-order chi connectivity index (χ0) is 14.7. The maximum Gasteiger partial charge on any atom is 0.239 e. The Kier molecular flexibility index (Phi) is 4.21. The van der Waals surface area contributed by atoms with Crippen LogP contribution in [-0.2, 0) is 22.3 Å². The SMILES string of the molecule is O=[S@](Cc1nc(-c2ccsc2)no1)Cc1ccccc1F. The Balaban J connectivity index is 1.67. The van der Waals surface area contributed by atoms with Crippen molar-refractivity contribution in [2.45, 2.75) is 11.5 Å². The van der Waals surface area contributed by atoms with Crippen molar-refractivity contribution in [1.29, 1.82) is 0 Å². The molecule has 0 saturated carbocycles. The van der Waals surface area contributed by atoms with Crippen molar-refractivity contribution < 1.29 is 13.1 Å². The topological polar surface area (TPSA) is 56.0 Å². The second-order valence-corrected chi connectivity index (χ2v) is 6.58. The van der Waals surface area contributed by atoms with E-state index in [0.29, 0.717) is 17.3 Å². The fourth-order valence-corrected chi connectivity index (χ4v) is 3.51. The molecular formula is C14H11FN2O2S2. The van der Waals surface area contributed by atoms with E-state index in [1.165, 1.54) is 17.4 Å². The molecule has 1 atom stereocenters. The highest BCUT2D eigenvalue weighted by atomic mass is 32.2. The number of hydrogen-bond acceptors (Lipinski definition) is 5. The van der Waals surface area contributed by atoms with E-state index in [9.17, 15) is 8.60 Å². The molecule has 0 unspecified atom stereocenters. The first-order chi connectivity index (χ1) is 10.2. The minimum absolute atomic E-state index is 0.117. The Morgan fingerprint density at radius 1 is 1.24 bits per heavy atom. The zero-order valence-electron chi connectivity index (χ0n) is 10.9. The largest absolute Gasteiger partial charge is 0.338 e. The van der Waals surface area contributed by atoms with E-state index in [0.717, 1.165) is 5.56 Å². The molecule has 2 aromatic heterocycles. The molecule has 4 nitrogen and oxygen atoms in total. The zero-order valence-corrected chi connectivity index (χ0v) is 12.5. The average Bonchev–Trinajstić information content (AvgIpc) is 3.12. The molecule has 108 valence electrons. The summed E-state index contributed by atoms with van der Waals surface area (Å²) in [5.74, 6) is 0.671. The third-order valence-electron chi connectivity index (χ3n) is 2.81. The summed E-state index contributed by atoms with van der Waals surface area (Å²) in [5.41, 5.74) is 1.29. The highest BCUT2D eigenvalue weighted by Crippen LogP contribution is 2.19. The second kappa shape index (κ2) is 6.28. The number of hydrogen-bond donors (Lipinski definition) is 0. The van der Waals surface area contributed by atoms with Crippen LogP contribution in [0.1, 0.15) is 11.5 Å². The van der Waals surface area contributed by atoms with Gasteiger partial charge in [0.15, 0.2) is 0 Å². The summed E-state index contributed by atoms with van der Waals surface area (Å²) in [6.07, 6.45) is 0. The molecule has 7 heteroatoms. The van der Waals surface area contributed by atoms with Crippen LogP contribution in [0.3, 0.4) is 0 Å². The van der Waals surface area contributed by atoms with E-state index in [4.69, 9.17) is 4.52 Å². The number of thiophene rings is 1. The normalized spacial score (nSPS) is 12.4. The standard InChI is InChI=1S/C14H11FN2O2S2/c15-12-4-2-1-3-11(12)8-21(18)9-13-16-14(17-19-13)10-5-6-20-7-10/h1-7H,8-9H2/t21-/m0/s1. The van der Waals surface area contributed by atoms with Gasteiger partial charge in [-0.25, -0.2) is 4.39 Å². The molecule has 2 heterocycles. The first-order valence-electron chi connectivity index (χ1n) is 6.16. The molecule has 3 rings (SSSR count). The smallest absolute Gasteiger partial charge is 0.239 e. The Labute approximate surface area is 127 Å². The van der Waals surface area contributed by atoms with Gasteiger partial charge in [0.25, 0.3) is 0 Å². The van der Waals surface area contributed by atoms with Gasteiger partial charge in [0.1, 0.15) is 11.6 Å². The van der Waals surface area contributed by atoms with Crippen molar-refractivity contribution in [3.05, 3.63) is 58.4 Å². The van der Waals surface area contributed by atoms with Crippen LogP contribution in [0.2, 0.25) is 0 Å². The van der Waals surface area contributed by atoms with Crippen LogP contribution in [0.4, 0.5) is 4.39 Å². The number of nitrogens with zero attached hydrogens (tertiary/aromatic N) is 2. The van der Waals surface area contributed by atoms with Crippen molar-refractivity contribution in [3.63, 3.8) is 0 Å². The summed E-state index contributed by atoms with van der Waals surface area (Å²) in [6, 6.07) is 8.19. The highest BCUT2D eigenvalue weighted by Gasteiger charge is 2.13. The third kappa shape index (κ3) is 3.43. The molecule has 0 N–H and O–H groups in total. The lowest BCUT2D eigenvalue weighted by atomic mass is 10.2. The van der Waals surface area contributed by atoms with Crippen LogP contribution in [0.5, 0.6) is 0 Å². The third-order valence-corrected chi connectivity index (χ3v) is 4.69. The van der Waals surface area contributed by atoms with Crippen LogP contribution in [-0.4, -0.2) is 14.3 Å². The van der Waals surface area contributed by atoms with Crippen LogP contribution in [0.15, 0.2) is 45.6 Å². The Hall–Kier alpha value is -1.86. The van der Waals surface area contributed by atoms with Gasteiger partial charge in [-0.2, -0.15) is 16.3 Å². The minimum Gasteiger partial charge on any atom is -0.338 e. The summed E-state index contributed by atoms with van der Waals surface area (Å²) in [4.78, 5) is 4.20. The average molecular weight is 322 g/mol. The van der Waals surface area contributed by atoms with Crippen molar-refractivity contribution in [1.82, 2.24) is 10.1 Å². The summed E-state index contributed by atoms with van der Waals surface area (Å²) in [5, 5.41) is 7.67. The first-order valence-corrected chi connectivity index (χ1v) is 8.59. The van der Waals surface area contributed by atoms with Gasteiger partial charge in [-0.1, -0.05) is 23.4 Å². The van der Waals surface area contributed by atoms with Crippen LogP contribution in [0, 0.1) is 5.82 Å². The molecule has 0 amide bonds. The van der Waals surface area contributed by atoms with Gasteiger partial charge in [-0.05, 0) is 17.5 Å². The number of benzene rings is 1. The molecular weight excluding hydrogens is 311 g/mol. The van der Waals surface area contributed by atoms with Gasteiger partial charge in [-0.3, -0.25) is 4.21 Å². The molecule has 0 aliphatic carbocycles. The quantitative estimate of drug-likeness (QED) is 0.722. The van der Waals surface area contributed by atoms with Gasteiger partial charge >= 0.3 is 0 Å². The fraction of sp³-hybridized carbons (Fsp3) is 0.143. The Morgan fingerprint density at radius 2 is 2.10 bits per heavy atom. The number of rotatable bonds is 5. The van der Waals surface area contributed by atoms with E-state index in [-0.39, 0.29) is 17.3 Å². The van der Waals surface area contributed by atoms with Gasteiger partial charge < -0.3 is 4.52 Å². The van der Waals surface area contributed by atoms with E-state index in [2.05, 4.69) is 10.1 Å². The summed E-state index contributed by atoms with van der Waals surface area (Å²) < 4.78 is 30.6.